The summed E-state index contributed by atoms with van der Waals surface area (Å²) in [5.41, 5.74) is 7.91. The molecule has 0 saturated carbocycles. The molecule has 2 heterocycles. The summed E-state index contributed by atoms with van der Waals surface area (Å²) in [6, 6.07) is 45.2. The summed E-state index contributed by atoms with van der Waals surface area (Å²) in [6.45, 7) is 0. The molecule has 0 aliphatic rings. The molecule has 0 saturated heterocycles. The van der Waals surface area contributed by atoms with E-state index in [4.69, 9.17) is 4.98 Å². The second-order valence-electron chi connectivity index (χ2n) is 10.5. The minimum atomic E-state index is 0.939. The van der Waals surface area contributed by atoms with Crippen LogP contribution < -0.4 is 4.57 Å². The fourth-order valence-electron chi connectivity index (χ4n) is 6.12. The summed E-state index contributed by atoms with van der Waals surface area (Å²) in [5, 5.41) is 4.93. The lowest BCUT2D eigenvalue weighted by molar-refractivity contribution is -0.670. The number of aryl methyl sites for hydroxylation is 1. The first-order chi connectivity index (χ1) is 20.3. The van der Waals surface area contributed by atoms with Gasteiger partial charge in [-0.2, -0.15) is 0 Å². The largest absolute Gasteiger partial charge is 0.292 e. The molecule has 4 nitrogen and oxygen atoms in total. The van der Waals surface area contributed by atoms with Crippen LogP contribution in [-0.4, -0.2) is 14.1 Å². The van der Waals surface area contributed by atoms with Crippen molar-refractivity contribution in [3.05, 3.63) is 146 Å². The van der Waals surface area contributed by atoms with E-state index in [0.717, 1.165) is 28.1 Å². The maximum absolute atomic E-state index is 5.07. The van der Waals surface area contributed by atoms with Crippen LogP contribution in [0.1, 0.15) is 0 Å². The highest BCUT2D eigenvalue weighted by atomic mass is 15.1. The lowest BCUT2D eigenvalue weighted by Crippen LogP contribution is -2.23. The first-order valence-corrected chi connectivity index (χ1v) is 13.9. The number of aromatic nitrogens is 4. The molecule has 4 heteroatoms. The molecule has 8 aromatic rings. The van der Waals surface area contributed by atoms with E-state index >= 15 is 0 Å². The van der Waals surface area contributed by atoms with E-state index in [1.54, 1.807) is 0 Å². The van der Waals surface area contributed by atoms with Gasteiger partial charge in [0.15, 0.2) is 0 Å². The van der Waals surface area contributed by atoms with Gasteiger partial charge in [-0.1, -0.05) is 103 Å². The van der Waals surface area contributed by atoms with E-state index in [1.807, 2.05) is 12.1 Å². The highest BCUT2D eigenvalue weighted by Crippen LogP contribution is 2.41. The first kappa shape index (κ1) is 23.4. The zero-order valence-electron chi connectivity index (χ0n) is 22.6. The Labute approximate surface area is 238 Å². The normalized spacial score (nSPS) is 11.5. The molecular weight excluding hydrogens is 500 g/mol. The standard InChI is InChI=1S/C37H27N4/c1-39-23-24-40(25-39)36-31-15-7-5-13-29(31)35(30-14-6-8-16-32(30)36)26-19-21-27(22-20-26)37-38-33-17-9-10-18-34(33)41(37)28-11-3-2-4-12-28/h2-25H,1H3/q+1. The van der Waals surface area contributed by atoms with Gasteiger partial charge in [-0.25, -0.2) is 14.1 Å². The summed E-state index contributed by atoms with van der Waals surface area (Å²) in [5.74, 6) is 0.939. The van der Waals surface area contributed by atoms with Crippen LogP contribution >= 0.6 is 0 Å². The zero-order chi connectivity index (χ0) is 27.3. The van der Waals surface area contributed by atoms with E-state index in [-0.39, 0.29) is 0 Å². The zero-order valence-corrected chi connectivity index (χ0v) is 22.6. The molecule has 6 aromatic carbocycles. The van der Waals surface area contributed by atoms with Gasteiger partial charge in [0.2, 0.25) is 6.33 Å². The fraction of sp³-hybridized carbons (Fsp3) is 0.0270. The predicted octanol–water partition coefficient (Wildman–Crippen LogP) is 8.28. The van der Waals surface area contributed by atoms with Gasteiger partial charge < -0.3 is 0 Å². The molecule has 0 aliphatic heterocycles. The third-order valence-corrected chi connectivity index (χ3v) is 7.94. The molecule has 0 bridgehead atoms. The van der Waals surface area contributed by atoms with Gasteiger partial charge in [-0.3, -0.25) is 4.57 Å². The number of para-hydroxylation sites is 3. The van der Waals surface area contributed by atoms with E-state index in [1.165, 1.54) is 38.4 Å². The van der Waals surface area contributed by atoms with Crippen LogP contribution in [0.5, 0.6) is 0 Å². The minimum Gasteiger partial charge on any atom is -0.292 e. The van der Waals surface area contributed by atoms with Gasteiger partial charge >= 0.3 is 0 Å². The Bertz CT molecular complexity index is 2150. The number of hydrogen-bond acceptors (Lipinski definition) is 1. The van der Waals surface area contributed by atoms with E-state index in [2.05, 4.69) is 155 Å². The van der Waals surface area contributed by atoms with Crippen LogP contribution in [0.15, 0.2) is 146 Å². The van der Waals surface area contributed by atoms with Crippen LogP contribution in [0.25, 0.3) is 66.5 Å². The molecule has 8 rings (SSSR count). The lowest BCUT2D eigenvalue weighted by Gasteiger charge is -2.16. The highest BCUT2D eigenvalue weighted by Gasteiger charge is 2.20. The van der Waals surface area contributed by atoms with Gasteiger partial charge in [0.1, 0.15) is 23.9 Å². The SMILES string of the molecule is C[n+]1ccn(-c2c3ccccc3c(-c3ccc(-c4nc5ccccc5n4-c4ccccc4)cc3)c3ccccc23)c1. The van der Waals surface area contributed by atoms with E-state index < -0.39 is 0 Å². The van der Waals surface area contributed by atoms with Crippen molar-refractivity contribution in [1.29, 1.82) is 0 Å². The molecule has 0 atom stereocenters. The molecule has 0 spiro atoms. The molecule has 0 unspecified atom stereocenters. The van der Waals surface area contributed by atoms with Crippen molar-refractivity contribution in [2.24, 2.45) is 7.05 Å². The molecule has 0 amide bonds. The van der Waals surface area contributed by atoms with Crippen molar-refractivity contribution in [2.75, 3.05) is 0 Å². The Morgan fingerprint density at radius 3 is 1.83 bits per heavy atom. The monoisotopic (exact) mass is 527 g/mol. The third-order valence-electron chi connectivity index (χ3n) is 7.94. The minimum absolute atomic E-state index is 0.939. The molecule has 0 N–H and O–H groups in total. The Balaban J connectivity index is 1.34. The number of fused-ring (bicyclic) bond motifs is 3. The van der Waals surface area contributed by atoms with Crippen LogP contribution in [0, 0.1) is 0 Å². The van der Waals surface area contributed by atoms with Crippen molar-refractivity contribution in [3.8, 4) is 33.9 Å². The molecule has 2 aromatic heterocycles. The summed E-state index contributed by atoms with van der Waals surface area (Å²) >= 11 is 0. The third kappa shape index (κ3) is 3.76. The lowest BCUT2D eigenvalue weighted by atomic mass is 9.90. The Morgan fingerprint density at radius 1 is 0.585 bits per heavy atom. The maximum Gasteiger partial charge on any atom is 0.248 e. The van der Waals surface area contributed by atoms with Crippen LogP contribution in [0.4, 0.5) is 0 Å². The van der Waals surface area contributed by atoms with E-state index in [9.17, 15) is 0 Å². The number of imidazole rings is 2. The fourth-order valence-corrected chi connectivity index (χ4v) is 6.12. The molecule has 0 aliphatic carbocycles. The van der Waals surface area contributed by atoms with Crippen molar-refractivity contribution in [2.45, 2.75) is 0 Å². The highest BCUT2D eigenvalue weighted by molar-refractivity contribution is 6.18. The smallest absolute Gasteiger partial charge is 0.248 e. The van der Waals surface area contributed by atoms with Crippen molar-refractivity contribution in [3.63, 3.8) is 0 Å². The topological polar surface area (TPSA) is 26.6 Å². The molecular formula is C37H27N4+. The average Bonchev–Trinajstić information content (AvgIpc) is 3.64. The average molecular weight is 528 g/mol. The second-order valence-corrected chi connectivity index (χ2v) is 10.5. The Hall–Kier alpha value is -5.48. The number of benzene rings is 6. The summed E-state index contributed by atoms with van der Waals surface area (Å²) in [6.07, 6.45) is 6.34. The van der Waals surface area contributed by atoms with Crippen molar-refractivity contribution >= 4 is 32.6 Å². The van der Waals surface area contributed by atoms with Crippen LogP contribution in [0.2, 0.25) is 0 Å². The molecule has 0 fully saturated rings. The van der Waals surface area contributed by atoms with Crippen molar-refractivity contribution in [1.82, 2.24) is 14.1 Å². The molecule has 41 heavy (non-hydrogen) atoms. The van der Waals surface area contributed by atoms with Crippen molar-refractivity contribution < 1.29 is 4.57 Å². The predicted molar refractivity (Wildman–Crippen MR) is 167 cm³/mol. The van der Waals surface area contributed by atoms with Gasteiger partial charge in [0.25, 0.3) is 0 Å². The summed E-state index contributed by atoms with van der Waals surface area (Å²) in [7, 11) is 2.06. The first-order valence-electron chi connectivity index (χ1n) is 13.9. The quantitative estimate of drug-likeness (QED) is 0.167. The molecule has 0 radical (unpaired) electrons. The van der Waals surface area contributed by atoms with Gasteiger partial charge in [-0.15, -0.1) is 0 Å². The van der Waals surface area contributed by atoms with Gasteiger partial charge in [-0.05, 0) is 46.2 Å². The van der Waals surface area contributed by atoms with Gasteiger partial charge in [0, 0.05) is 22.0 Å². The summed E-state index contributed by atoms with van der Waals surface area (Å²) in [4.78, 5) is 5.07. The Kier molecular flexibility index (Phi) is 5.32. The second kappa shape index (κ2) is 9.32. The van der Waals surface area contributed by atoms with Crippen LogP contribution in [0.3, 0.4) is 0 Å². The number of rotatable bonds is 4. The Morgan fingerprint density at radius 2 is 1.17 bits per heavy atom. The van der Waals surface area contributed by atoms with Gasteiger partial charge in [0.05, 0.1) is 18.1 Å². The molecule has 194 valence electrons. The number of nitrogens with zero attached hydrogens (tertiary/aromatic N) is 4. The maximum atomic E-state index is 5.07. The van der Waals surface area contributed by atoms with Crippen LogP contribution in [-0.2, 0) is 7.05 Å². The van der Waals surface area contributed by atoms with E-state index in [0.29, 0.717) is 0 Å². The number of hydrogen-bond donors (Lipinski definition) is 0. The summed E-state index contributed by atoms with van der Waals surface area (Å²) < 4.78 is 6.56.